The zero-order chi connectivity index (χ0) is 15.4. The van der Waals surface area contributed by atoms with E-state index in [0.29, 0.717) is 17.0 Å². The summed E-state index contributed by atoms with van der Waals surface area (Å²) in [5.41, 5.74) is 0.641. The van der Waals surface area contributed by atoms with Gasteiger partial charge in [-0.05, 0) is 12.1 Å². The highest BCUT2D eigenvalue weighted by Gasteiger charge is 2.12. The molecule has 0 spiro atoms. The van der Waals surface area contributed by atoms with Crippen LogP contribution in [0.2, 0.25) is 0 Å². The van der Waals surface area contributed by atoms with Crippen molar-refractivity contribution in [3.8, 4) is 0 Å². The van der Waals surface area contributed by atoms with Gasteiger partial charge in [0.2, 0.25) is 0 Å². The minimum Gasteiger partial charge on any atom is -0.468 e. The molecule has 0 aliphatic carbocycles. The summed E-state index contributed by atoms with van der Waals surface area (Å²) < 4.78 is 5.94. The lowest BCUT2D eigenvalue weighted by molar-refractivity contribution is -0.138. The number of carbonyl (C=O) groups is 1. The SMILES string of the molecule is COC(=O)CN=Cc1c(N(C)C)nc2ccccn2c1=O. The fourth-order valence-electron chi connectivity index (χ4n) is 1.82. The predicted molar refractivity (Wildman–Crippen MR) is 80.3 cm³/mol. The highest BCUT2D eigenvalue weighted by Crippen LogP contribution is 2.11. The van der Waals surface area contributed by atoms with Gasteiger partial charge < -0.3 is 9.64 Å². The highest BCUT2D eigenvalue weighted by atomic mass is 16.5. The van der Waals surface area contributed by atoms with Gasteiger partial charge in [-0.15, -0.1) is 0 Å². The van der Waals surface area contributed by atoms with Crippen LogP contribution < -0.4 is 10.5 Å². The van der Waals surface area contributed by atoms with Gasteiger partial charge in [-0.3, -0.25) is 19.0 Å². The highest BCUT2D eigenvalue weighted by molar-refractivity contribution is 5.88. The van der Waals surface area contributed by atoms with Gasteiger partial charge in [-0.2, -0.15) is 0 Å². The first kappa shape index (κ1) is 14.7. The number of anilines is 1. The molecule has 2 heterocycles. The minimum absolute atomic E-state index is 0.139. The summed E-state index contributed by atoms with van der Waals surface area (Å²) in [6.07, 6.45) is 3.00. The van der Waals surface area contributed by atoms with E-state index >= 15 is 0 Å². The summed E-state index contributed by atoms with van der Waals surface area (Å²) in [5, 5.41) is 0. The van der Waals surface area contributed by atoms with Crippen LogP contribution in [0, 0.1) is 0 Å². The molecule has 0 fully saturated rings. The second-order valence-electron chi connectivity index (χ2n) is 4.52. The molecule has 0 saturated carbocycles. The van der Waals surface area contributed by atoms with Gasteiger partial charge in [0.05, 0.1) is 7.11 Å². The summed E-state index contributed by atoms with van der Waals surface area (Å²) in [6, 6.07) is 5.32. The summed E-state index contributed by atoms with van der Waals surface area (Å²) in [4.78, 5) is 33.7. The summed E-state index contributed by atoms with van der Waals surface area (Å²) in [6.45, 7) is -0.139. The Morgan fingerprint density at radius 1 is 1.48 bits per heavy atom. The molecule has 0 N–H and O–H groups in total. The van der Waals surface area contributed by atoms with Crippen LogP contribution in [-0.4, -0.2) is 49.3 Å². The molecule has 21 heavy (non-hydrogen) atoms. The number of ether oxygens (including phenoxy) is 1. The van der Waals surface area contributed by atoms with E-state index in [4.69, 9.17) is 0 Å². The number of aromatic nitrogens is 2. The maximum absolute atomic E-state index is 12.5. The largest absolute Gasteiger partial charge is 0.468 e. The maximum Gasteiger partial charge on any atom is 0.327 e. The molecule has 2 aromatic heterocycles. The topological polar surface area (TPSA) is 76.3 Å². The number of fused-ring (bicyclic) bond motifs is 1. The number of nitrogens with zero attached hydrogens (tertiary/aromatic N) is 4. The van der Waals surface area contributed by atoms with E-state index in [1.807, 2.05) is 6.07 Å². The number of hydrogen-bond donors (Lipinski definition) is 0. The van der Waals surface area contributed by atoms with Crippen LogP contribution >= 0.6 is 0 Å². The van der Waals surface area contributed by atoms with Crippen LogP contribution in [0.25, 0.3) is 5.65 Å². The van der Waals surface area contributed by atoms with E-state index in [2.05, 4.69) is 14.7 Å². The molecule has 0 amide bonds. The Balaban J connectivity index is 2.54. The molecule has 0 saturated heterocycles. The van der Waals surface area contributed by atoms with Gasteiger partial charge in [0.25, 0.3) is 5.56 Å². The number of pyridine rings is 1. The van der Waals surface area contributed by atoms with Crippen molar-refractivity contribution in [1.82, 2.24) is 9.38 Å². The average molecular weight is 288 g/mol. The Kier molecular flexibility index (Phi) is 4.32. The Labute approximate surface area is 121 Å². The molecule has 7 heteroatoms. The van der Waals surface area contributed by atoms with Crippen LogP contribution in [-0.2, 0) is 9.53 Å². The van der Waals surface area contributed by atoms with E-state index in [0.717, 1.165) is 0 Å². The lowest BCUT2D eigenvalue weighted by Crippen LogP contribution is -2.25. The third-order valence-electron chi connectivity index (χ3n) is 2.84. The first-order chi connectivity index (χ1) is 10.0. The second-order valence-corrected chi connectivity index (χ2v) is 4.52. The standard InChI is InChI=1S/C14H16N4O3/c1-17(2)13-10(8-15-9-12(19)21-3)14(20)18-7-5-4-6-11(18)16-13/h4-8H,9H2,1-3H3. The van der Waals surface area contributed by atoms with Gasteiger partial charge in [0, 0.05) is 26.5 Å². The molecule has 2 rings (SSSR count). The summed E-state index contributed by atoms with van der Waals surface area (Å²) in [5.74, 6) is 0.0336. The van der Waals surface area contributed by atoms with Gasteiger partial charge in [0.1, 0.15) is 23.6 Å². The van der Waals surface area contributed by atoms with E-state index < -0.39 is 5.97 Å². The monoisotopic (exact) mass is 288 g/mol. The number of hydrogen-bond acceptors (Lipinski definition) is 6. The fourth-order valence-corrected chi connectivity index (χ4v) is 1.82. The smallest absolute Gasteiger partial charge is 0.327 e. The Morgan fingerprint density at radius 2 is 2.24 bits per heavy atom. The maximum atomic E-state index is 12.5. The first-order valence-corrected chi connectivity index (χ1v) is 6.30. The molecule has 0 atom stereocenters. The Bertz CT molecular complexity index is 749. The Morgan fingerprint density at radius 3 is 2.90 bits per heavy atom. The van der Waals surface area contributed by atoms with E-state index in [1.54, 1.807) is 37.3 Å². The van der Waals surface area contributed by atoms with Crippen LogP contribution in [0.5, 0.6) is 0 Å². The zero-order valence-electron chi connectivity index (χ0n) is 12.1. The lowest BCUT2D eigenvalue weighted by atomic mass is 10.3. The van der Waals surface area contributed by atoms with Crippen LogP contribution in [0.1, 0.15) is 5.56 Å². The van der Waals surface area contributed by atoms with Crippen molar-refractivity contribution in [2.45, 2.75) is 0 Å². The normalized spacial score (nSPS) is 11.0. The quantitative estimate of drug-likeness (QED) is 0.599. The zero-order valence-corrected chi connectivity index (χ0v) is 12.1. The molecule has 7 nitrogen and oxygen atoms in total. The van der Waals surface area contributed by atoms with Gasteiger partial charge in [0.15, 0.2) is 0 Å². The van der Waals surface area contributed by atoms with E-state index in [9.17, 15) is 9.59 Å². The molecule has 0 radical (unpaired) electrons. The van der Waals surface area contributed by atoms with Gasteiger partial charge in [-0.25, -0.2) is 4.98 Å². The summed E-state index contributed by atoms with van der Waals surface area (Å²) >= 11 is 0. The number of methoxy groups -OCH3 is 1. The molecule has 0 bridgehead atoms. The van der Waals surface area contributed by atoms with Crippen molar-refractivity contribution in [3.63, 3.8) is 0 Å². The van der Waals surface area contributed by atoms with Crippen molar-refractivity contribution in [2.24, 2.45) is 4.99 Å². The molecule has 0 unspecified atom stereocenters. The van der Waals surface area contributed by atoms with Crippen LogP contribution in [0.4, 0.5) is 5.82 Å². The van der Waals surface area contributed by atoms with Gasteiger partial charge >= 0.3 is 5.97 Å². The van der Waals surface area contributed by atoms with Crippen molar-refractivity contribution in [2.75, 3.05) is 32.6 Å². The second kappa shape index (κ2) is 6.17. The minimum atomic E-state index is -0.466. The van der Waals surface area contributed by atoms with Crippen molar-refractivity contribution >= 4 is 23.6 Å². The van der Waals surface area contributed by atoms with Crippen LogP contribution in [0.3, 0.4) is 0 Å². The number of rotatable bonds is 4. The summed E-state index contributed by atoms with van der Waals surface area (Å²) in [7, 11) is 4.87. The van der Waals surface area contributed by atoms with Crippen molar-refractivity contribution < 1.29 is 9.53 Å². The average Bonchev–Trinajstić information content (AvgIpc) is 2.48. The molecular weight excluding hydrogens is 272 g/mol. The molecule has 0 aliphatic rings. The third kappa shape index (κ3) is 3.07. The molecule has 0 aromatic carbocycles. The molecular formula is C14H16N4O3. The third-order valence-corrected chi connectivity index (χ3v) is 2.84. The number of esters is 1. The molecule has 0 aliphatic heterocycles. The lowest BCUT2D eigenvalue weighted by Gasteiger charge is -2.14. The van der Waals surface area contributed by atoms with Crippen molar-refractivity contribution in [1.29, 1.82) is 0 Å². The van der Waals surface area contributed by atoms with Crippen molar-refractivity contribution in [3.05, 3.63) is 40.3 Å². The van der Waals surface area contributed by atoms with E-state index in [-0.39, 0.29) is 12.1 Å². The van der Waals surface area contributed by atoms with Gasteiger partial charge in [-0.1, -0.05) is 6.07 Å². The Hall–Kier alpha value is -2.70. The first-order valence-electron chi connectivity index (χ1n) is 6.30. The number of carbonyl (C=O) groups excluding carboxylic acids is 1. The van der Waals surface area contributed by atoms with Crippen LogP contribution in [0.15, 0.2) is 34.2 Å². The number of aliphatic imine (C=N–C) groups is 1. The fraction of sp³-hybridized carbons (Fsp3) is 0.286. The van der Waals surface area contributed by atoms with E-state index in [1.165, 1.54) is 17.7 Å². The molecule has 2 aromatic rings. The predicted octanol–water partition coefficient (Wildman–Crippen LogP) is 0.352. The molecule has 110 valence electrons.